The number of piperazine rings is 1. The molecule has 0 spiro atoms. The van der Waals surface area contributed by atoms with E-state index < -0.39 is 15.9 Å². The number of nitrogens with zero attached hydrogens (tertiary/aromatic N) is 2. The van der Waals surface area contributed by atoms with Gasteiger partial charge in [0.05, 0.1) is 4.90 Å². The fraction of sp³-hybridized carbons (Fsp3) is 0.629. The molecule has 4 atom stereocenters. The van der Waals surface area contributed by atoms with E-state index in [9.17, 15) is 13.2 Å². The van der Waals surface area contributed by atoms with Crippen LogP contribution in [0.4, 0.5) is 11.4 Å². The molecule has 2 aromatic carbocycles. The van der Waals surface area contributed by atoms with Crippen LogP contribution in [0, 0.1) is 36.0 Å². The highest BCUT2D eigenvalue weighted by atomic mass is 32.2. The number of aryl methyl sites for hydroxylation is 1. The predicted octanol–water partition coefficient (Wildman–Crippen LogP) is 6.30. The van der Waals surface area contributed by atoms with Gasteiger partial charge in [-0.25, -0.2) is 13.1 Å². The highest BCUT2D eigenvalue weighted by Gasteiger charge is 2.57. The normalized spacial score (nSPS) is 27.8. The Bertz CT molecular complexity index is 1410. The zero-order valence-electron chi connectivity index (χ0n) is 26.4. The molecule has 8 heteroatoms. The molecule has 2 aromatic rings. The largest absolute Gasteiger partial charge is 0.385 e. The first-order valence-electron chi connectivity index (χ1n) is 16.5. The number of hydrogen-bond acceptors (Lipinski definition) is 6. The molecule has 234 valence electrons. The summed E-state index contributed by atoms with van der Waals surface area (Å²) in [6.45, 7) is 14.3. The summed E-state index contributed by atoms with van der Waals surface area (Å²) in [5, 5.41) is 3.50. The number of amides is 1. The Morgan fingerprint density at radius 1 is 0.953 bits per heavy atom. The van der Waals surface area contributed by atoms with E-state index in [0.717, 1.165) is 67.4 Å². The van der Waals surface area contributed by atoms with Crippen LogP contribution < -0.4 is 14.9 Å². The van der Waals surface area contributed by atoms with Gasteiger partial charge >= 0.3 is 0 Å². The van der Waals surface area contributed by atoms with Gasteiger partial charge < -0.3 is 10.2 Å². The van der Waals surface area contributed by atoms with E-state index in [-0.39, 0.29) is 4.90 Å². The first kappa shape index (κ1) is 30.4. The molecule has 2 bridgehead atoms. The summed E-state index contributed by atoms with van der Waals surface area (Å²) < 4.78 is 28.4. The van der Waals surface area contributed by atoms with E-state index in [0.29, 0.717) is 22.9 Å². The van der Waals surface area contributed by atoms with Crippen molar-refractivity contribution >= 4 is 27.3 Å². The smallest absolute Gasteiger partial charge is 0.264 e. The summed E-state index contributed by atoms with van der Waals surface area (Å²) in [4.78, 5) is 18.1. The van der Waals surface area contributed by atoms with Crippen molar-refractivity contribution in [3.05, 3.63) is 53.6 Å². The molecule has 7 nitrogen and oxygen atoms in total. The minimum Gasteiger partial charge on any atom is -0.385 e. The molecular weight excluding hydrogens is 556 g/mol. The van der Waals surface area contributed by atoms with Gasteiger partial charge in [0, 0.05) is 55.7 Å². The van der Waals surface area contributed by atoms with Crippen LogP contribution >= 0.6 is 0 Å². The maximum absolute atomic E-state index is 13.1. The average molecular weight is 607 g/mol. The lowest BCUT2D eigenvalue weighted by molar-refractivity contribution is -0.139. The molecular formula is C35H50N4O3S. The van der Waals surface area contributed by atoms with Crippen LogP contribution in [0.1, 0.15) is 81.6 Å². The van der Waals surface area contributed by atoms with Crippen molar-refractivity contribution in [2.24, 2.45) is 29.1 Å². The number of benzene rings is 2. The zero-order valence-corrected chi connectivity index (χ0v) is 27.3. The summed E-state index contributed by atoms with van der Waals surface area (Å²) in [7, 11) is -3.99. The fourth-order valence-corrected chi connectivity index (χ4v) is 9.69. The SMILES string of the molecule is Cc1cc(S(=O)(=O)NC(=O)c2ccc(N3CCN([C@H]4C[C@H]5C[C@@H]([C@@H]4C)C5(C)C)CC3)cc2)ccc1NCC1CCCCC1. The number of carbonyl (C=O) groups is 1. The number of fused-ring (bicyclic) bond motifs is 2. The first-order chi connectivity index (χ1) is 20.5. The molecule has 5 aliphatic rings. The van der Waals surface area contributed by atoms with E-state index in [4.69, 9.17) is 0 Å². The van der Waals surface area contributed by atoms with Crippen LogP contribution in [0.2, 0.25) is 0 Å². The summed E-state index contributed by atoms with van der Waals surface area (Å²) in [5.41, 5.74) is 3.73. The van der Waals surface area contributed by atoms with Crippen molar-refractivity contribution in [3.8, 4) is 0 Å². The van der Waals surface area contributed by atoms with E-state index in [1.165, 1.54) is 44.9 Å². The van der Waals surface area contributed by atoms with Gasteiger partial charge in [-0.1, -0.05) is 40.0 Å². The van der Waals surface area contributed by atoms with Crippen molar-refractivity contribution in [3.63, 3.8) is 0 Å². The monoisotopic (exact) mass is 606 g/mol. The number of hydrogen-bond donors (Lipinski definition) is 2. The van der Waals surface area contributed by atoms with E-state index in [2.05, 4.69) is 40.6 Å². The molecule has 4 aliphatic carbocycles. The van der Waals surface area contributed by atoms with Gasteiger partial charge in [-0.05, 0) is 110 Å². The Morgan fingerprint density at radius 3 is 2.28 bits per heavy atom. The van der Waals surface area contributed by atoms with Gasteiger partial charge in [-0.2, -0.15) is 0 Å². The maximum atomic E-state index is 13.1. The molecule has 43 heavy (non-hydrogen) atoms. The maximum Gasteiger partial charge on any atom is 0.264 e. The second-order valence-corrected chi connectivity index (χ2v) is 16.1. The number of nitrogens with one attached hydrogen (secondary N) is 2. The zero-order chi connectivity index (χ0) is 30.4. The van der Waals surface area contributed by atoms with Crippen molar-refractivity contribution in [2.75, 3.05) is 42.9 Å². The lowest BCUT2D eigenvalue weighted by atomic mass is 9.44. The Hall–Kier alpha value is -2.58. The minimum atomic E-state index is -3.99. The highest BCUT2D eigenvalue weighted by Crippen LogP contribution is 2.62. The van der Waals surface area contributed by atoms with E-state index >= 15 is 0 Å². The Labute approximate surface area is 258 Å². The van der Waals surface area contributed by atoms with Gasteiger partial charge in [0.25, 0.3) is 15.9 Å². The molecule has 7 rings (SSSR count). The summed E-state index contributed by atoms with van der Waals surface area (Å²) >= 11 is 0. The molecule has 0 aromatic heterocycles. The number of sulfonamides is 1. The van der Waals surface area contributed by atoms with Crippen LogP contribution in [0.3, 0.4) is 0 Å². The average Bonchev–Trinajstić information content (AvgIpc) is 3.00. The third-order valence-corrected chi connectivity index (χ3v) is 13.0. The van der Waals surface area contributed by atoms with Gasteiger partial charge in [-0.15, -0.1) is 0 Å². The molecule has 4 saturated carbocycles. The summed E-state index contributed by atoms with van der Waals surface area (Å²) in [5.74, 6) is 2.55. The van der Waals surface area contributed by atoms with E-state index in [1.54, 1.807) is 24.3 Å². The molecule has 1 amide bonds. The Morgan fingerprint density at radius 2 is 1.65 bits per heavy atom. The van der Waals surface area contributed by atoms with Crippen molar-refractivity contribution in [2.45, 2.75) is 83.6 Å². The first-order valence-corrected chi connectivity index (χ1v) is 18.0. The van der Waals surface area contributed by atoms with Crippen molar-refractivity contribution in [1.82, 2.24) is 9.62 Å². The third-order valence-electron chi connectivity index (χ3n) is 11.6. The predicted molar refractivity (Wildman–Crippen MR) is 174 cm³/mol. The van der Waals surface area contributed by atoms with Crippen molar-refractivity contribution in [1.29, 1.82) is 0 Å². The van der Waals surface area contributed by atoms with Crippen LogP contribution in [-0.2, 0) is 10.0 Å². The van der Waals surface area contributed by atoms with Crippen molar-refractivity contribution < 1.29 is 13.2 Å². The second kappa shape index (κ2) is 12.1. The number of carbonyl (C=O) groups excluding carboxylic acids is 1. The second-order valence-electron chi connectivity index (χ2n) is 14.4. The standard InChI is InChI=1S/C35H50N4O3S/c1-24-20-30(14-15-32(24)36-23-26-8-6-5-7-9-26)43(41,42)37-34(40)27-10-12-29(13-11-27)38-16-18-39(19-17-38)33-22-28-21-31(25(33)2)35(28,3)4/h10-15,20,25-26,28,31,33,36H,5-9,16-19,21-23H2,1-4H3,(H,37,40)/t25-,28+,31-,33-/m0/s1. The lowest BCUT2D eigenvalue weighted by Crippen LogP contribution is -2.63. The summed E-state index contributed by atoms with van der Waals surface area (Å²) in [6.07, 6.45) is 9.16. The molecule has 2 N–H and O–H groups in total. The summed E-state index contributed by atoms with van der Waals surface area (Å²) in [6, 6.07) is 13.1. The highest BCUT2D eigenvalue weighted by molar-refractivity contribution is 7.90. The van der Waals surface area contributed by atoms with Crippen LogP contribution in [0.15, 0.2) is 47.4 Å². The van der Waals surface area contributed by atoms with Gasteiger partial charge in [0.15, 0.2) is 0 Å². The molecule has 1 heterocycles. The molecule has 1 saturated heterocycles. The van der Waals surface area contributed by atoms with Gasteiger partial charge in [0.2, 0.25) is 0 Å². The van der Waals surface area contributed by atoms with Gasteiger partial charge in [0.1, 0.15) is 0 Å². The fourth-order valence-electron chi connectivity index (χ4n) is 8.63. The van der Waals surface area contributed by atoms with Gasteiger partial charge in [-0.3, -0.25) is 9.69 Å². The number of anilines is 2. The quantitative estimate of drug-likeness (QED) is 0.367. The third kappa shape index (κ3) is 6.19. The Balaban J connectivity index is 1.01. The lowest BCUT2D eigenvalue weighted by Gasteiger charge is -2.64. The van der Waals surface area contributed by atoms with E-state index in [1.807, 2.05) is 25.1 Å². The molecule has 0 unspecified atom stereocenters. The van der Waals surface area contributed by atoms with Crippen LogP contribution in [0.25, 0.3) is 0 Å². The van der Waals surface area contributed by atoms with Crippen LogP contribution in [-0.4, -0.2) is 58.0 Å². The molecule has 5 fully saturated rings. The Kier molecular flexibility index (Phi) is 8.55. The molecule has 1 aliphatic heterocycles. The van der Waals surface area contributed by atoms with Crippen LogP contribution in [0.5, 0.6) is 0 Å². The topological polar surface area (TPSA) is 81.8 Å². The minimum absolute atomic E-state index is 0.101. The molecule has 0 radical (unpaired) electrons. The number of rotatable bonds is 8.